The second-order valence-corrected chi connectivity index (χ2v) is 6.34. The Kier molecular flexibility index (Phi) is 4.38. The number of anilines is 1. The van der Waals surface area contributed by atoms with E-state index in [1.54, 1.807) is 11.0 Å². The smallest absolute Gasteiger partial charge is 0.338 e. The number of benzene rings is 2. The lowest BCUT2D eigenvalue weighted by molar-refractivity contribution is -0.122. The van der Waals surface area contributed by atoms with Crippen molar-refractivity contribution in [1.29, 1.82) is 0 Å². The standard InChI is InChI=1S/C20H21NO3/c1-13-8-9-14(2)17(10-13)20(23)24-12-19(22)21-15(3)11-16-6-4-5-7-18(16)21/h4-10,15H,11-12H2,1-3H3/t15-/m1/s1. The Balaban J connectivity index is 1.70. The quantitative estimate of drug-likeness (QED) is 0.813. The third-order valence-electron chi connectivity index (χ3n) is 4.42. The van der Waals surface area contributed by atoms with E-state index in [9.17, 15) is 9.59 Å². The largest absolute Gasteiger partial charge is 0.452 e. The van der Waals surface area contributed by atoms with Crippen molar-refractivity contribution in [1.82, 2.24) is 0 Å². The van der Waals surface area contributed by atoms with Crippen molar-refractivity contribution in [3.8, 4) is 0 Å². The number of ether oxygens (including phenoxy) is 1. The molecule has 1 aliphatic rings. The number of para-hydroxylation sites is 1. The first kappa shape index (κ1) is 16.2. The first-order chi connectivity index (χ1) is 11.5. The molecule has 4 heteroatoms. The van der Waals surface area contributed by atoms with Crippen molar-refractivity contribution in [2.45, 2.75) is 33.2 Å². The summed E-state index contributed by atoms with van der Waals surface area (Å²) in [5.41, 5.74) is 4.41. The van der Waals surface area contributed by atoms with Crippen LogP contribution in [0.5, 0.6) is 0 Å². The molecule has 2 aromatic carbocycles. The molecule has 0 bridgehead atoms. The van der Waals surface area contributed by atoms with E-state index >= 15 is 0 Å². The fraction of sp³-hybridized carbons (Fsp3) is 0.300. The average Bonchev–Trinajstić information content (AvgIpc) is 2.90. The Morgan fingerprint density at radius 3 is 2.71 bits per heavy atom. The lowest BCUT2D eigenvalue weighted by atomic mass is 10.1. The molecule has 0 radical (unpaired) electrons. The Labute approximate surface area is 142 Å². The van der Waals surface area contributed by atoms with Gasteiger partial charge in [0.2, 0.25) is 0 Å². The molecular weight excluding hydrogens is 302 g/mol. The van der Waals surface area contributed by atoms with E-state index in [1.165, 1.54) is 0 Å². The summed E-state index contributed by atoms with van der Waals surface area (Å²) < 4.78 is 5.27. The number of carbonyl (C=O) groups excluding carboxylic acids is 2. The van der Waals surface area contributed by atoms with E-state index in [0.717, 1.165) is 28.8 Å². The van der Waals surface area contributed by atoms with Gasteiger partial charge in [-0.1, -0.05) is 35.9 Å². The number of carbonyl (C=O) groups is 2. The Hall–Kier alpha value is -2.62. The highest BCUT2D eigenvalue weighted by molar-refractivity contribution is 5.99. The van der Waals surface area contributed by atoms with Crippen molar-refractivity contribution in [3.05, 3.63) is 64.7 Å². The summed E-state index contributed by atoms with van der Waals surface area (Å²) in [6.45, 7) is 5.54. The number of rotatable bonds is 3. The normalized spacial score (nSPS) is 16.0. The zero-order valence-corrected chi connectivity index (χ0v) is 14.2. The number of hydrogen-bond acceptors (Lipinski definition) is 3. The molecule has 0 aromatic heterocycles. The molecule has 124 valence electrons. The summed E-state index contributed by atoms with van der Waals surface area (Å²) in [4.78, 5) is 26.6. The van der Waals surface area contributed by atoms with E-state index in [0.29, 0.717) is 5.56 Å². The molecule has 0 N–H and O–H groups in total. The van der Waals surface area contributed by atoms with Gasteiger partial charge in [0.1, 0.15) is 0 Å². The predicted octanol–water partition coefficient (Wildman–Crippen LogP) is 3.44. The number of esters is 1. The minimum Gasteiger partial charge on any atom is -0.452 e. The van der Waals surface area contributed by atoms with Crippen LogP contribution in [0.25, 0.3) is 0 Å². The highest BCUT2D eigenvalue weighted by atomic mass is 16.5. The Morgan fingerprint density at radius 1 is 1.17 bits per heavy atom. The molecule has 0 saturated carbocycles. The highest BCUT2D eigenvalue weighted by Crippen LogP contribution is 2.31. The van der Waals surface area contributed by atoms with Crippen molar-refractivity contribution in [3.63, 3.8) is 0 Å². The monoisotopic (exact) mass is 323 g/mol. The molecule has 0 spiro atoms. The fourth-order valence-corrected chi connectivity index (χ4v) is 3.18. The molecule has 1 amide bonds. The van der Waals surface area contributed by atoms with E-state index in [2.05, 4.69) is 0 Å². The molecule has 1 heterocycles. The van der Waals surface area contributed by atoms with Crippen LogP contribution in [-0.4, -0.2) is 24.5 Å². The van der Waals surface area contributed by atoms with Gasteiger partial charge in [-0.2, -0.15) is 0 Å². The van der Waals surface area contributed by atoms with Crippen LogP contribution in [0.2, 0.25) is 0 Å². The van der Waals surface area contributed by atoms with Crippen LogP contribution >= 0.6 is 0 Å². The zero-order valence-electron chi connectivity index (χ0n) is 14.2. The number of amides is 1. The first-order valence-electron chi connectivity index (χ1n) is 8.11. The third-order valence-corrected chi connectivity index (χ3v) is 4.42. The van der Waals surface area contributed by atoms with Crippen LogP contribution in [0.4, 0.5) is 5.69 Å². The van der Waals surface area contributed by atoms with Gasteiger partial charge in [0.05, 0.1) is 5.56 Å². The van der Waals surface area contributed by atoms with E-state index in [4.69, 9.17) is 4.74 Å². The van der Waals surface area contributed by atoms with Gasteiger partial charge in [0, 0.05) is 11.7 Å². The summed E-state index contributed by atoms with van der Waals surface area (Å²) in [7, 11) is 0. The van der Waals surface area contributed by atoms with Crippen LogP contribution in [-0.2, 0) is 16.0 Å². The minimum absolute atomic E-state index is 0.0781. The molecule has 4 nitrogen and oxygen atoms in total. The Morgan fingerprint density at radius 2 is 1.92 bits per heavy atom. The fourth-order valence-electron chi connectivity index (χ4n) is 3.18. The topological polar surface area (TPSA) is 46.6 Å². The van der Waals surface area contributed by atoms with E-state index in [1.807, 2.05) is 57.2 Å². The average molecular weight is 323 g/mol. The van der Waals surface area contributed by atoms with Gasteiger partial charge in [-0.15, -0.1) is 0 Å². The SMILES string of the molecule is Cc1ccc(C)c(C(=O)OCC(=O)N2c3ccccc3C[C@H]2C)c1. The van der Waals surface area contributed by atoms with Gasteiger partial charge in [-0.25, -0.2) is 4.79 Å². The number of hydrogen-bond donors (Lipinski definition) is 0. The van der Waals surface area contributed by atoms with Crippen molar-refractivity contribution in [2.75, 3.05) is 11.5 Å². The molecule has 24 heavy (non-hydrogen) atoms. The molecule has 1 atom stereocenters. The summed E-state index contributed by atoms with van der Waals surface area (Å²) in [5, 5.41) is 0. The van der Waals surface area contributed by atoms with Gasteiger partial charge in [0.25, 0.3) is 5.91 Å². The predicted molar refractivity (Wildman–Crippen MR) is 93.3 cm³/mol. The summed E-state index contributed by atoms with van der Waals surface area (Å²) in [5.74, 6) is -0.643. The van der Waals surface area contributed by atoms with Crippen molar-refractivity contribution < 1.29 is 14.3 Å². The number of aryl methyl sites for hydroxylation is 2. The van der Waals surface area contributed by atoms with E-state index < -0.39 is 5.97 Å². The lowest BCUT2D eigenvalue weighted by Gasteiger charge is -2.22. The number of fused-ring (bicyclic) bond motifs is 1. The van der Waals surface area contributed by atoms with Gasteiger partial charge in [0.15, 0.2) is 6.61 Å². The molecular formula is C20H21NO3. The summed E-state index contributed by atoms with van der Waals surface area (Å²) in [6.07, 6.45) is 0.826. The maximum atomic E-state index is 12.6. The number of nitrogens with zero attached hydrogens (tertiary/aromatic N) is 1. The molecule has 3 rings (SSSR count). The maximum Gasteiger partial charge on any atom is 0.338 e. The lowest BCUT2D eigenvalue weighted by Crippen LogP contribution is -2.38. The van der Waals surface area contributed by atoms with Crippen LogP contribution < -0.4 is 4.90 Å². The highest BCUT2D eigenvalue weighted by Gasteiger charge is 2.31. The summed E-state index contributed by atoms with van der Waals surface area (Å²) >= 11 is 0. The molecule has 0 fully saturated rings. The second-order valence-electron chi connectivity index (χ2n) is 6.34. The van der Waals surface area contributed by atoms with Gasteiger partial charge in [-0.3, -0.25) is 4.79 Å². The molecule has 1 aliphatic heterocycles. The van der Waals surface area contributed by atoms with Crippen LogP contribution in [0.3, 0.4) is 0 Å². The molecule has 0 aliphatic carbocycles. The van der Waals surface area contributed by atoms with Crippen LogP contribution in [0.15, 0.2) is 42.5 Å². The third kappa shape index (κ3) is 3.04. The van der Waals surface area contributed by atoms with Crippen LogP contribution in [0.1, 0.15) is 34.0 Å². The van der Waals surface area contributed by atoms with Gasteiger partial charge >= 0.3 is 5.97 Å². The minimum atomic E-state index is -0.454. The van der Waals surface area contributed by atoms with Gasteiger partial charge < -0.3 is 9.64 Å². The maximum absolute atomic E-state index is 12.6. The molecule has 0 saturated heterocycles. The second kappa shape index (κ2) is 6.48. The van der Waals surface area contributed by atoms with E-state index in [-0.39, 0.29) is 18.6 Å². The van der Waals surface area contributed by atoms with Gasteiger partial charge in [-0.05, 0) is 50.5 Å². The molecule has 2 aromatic rings. The summed E-state index contributed by atoms with van der Waals surface area (Å²) in [6, 6.07) is 13.5. The Bertz CT molecular complexity index is 797. The van der Waals surface area contributed by atoms with Crippen molar-refractivity contribution in [2.24, 2.45) is 0 Å². The first-order valence-corrected chi connectivity index (χ1v) is 8.11. The van der Waals surface area contributed by atoms with Crippen molar-refractivity contribution >= 4 is 17.6 Å². The zero-order chi connectivity index (χ0) is 17.3. The molecule has 0 unspecified atom stereocenters. The van der Waals surface area contributed by atoms with Crippen LogP contribution in [0, 0.1) is 13.8 Å².